The Morgan fingerprint density at radius 1 is 1.14 bits per heavy atom. The van der Waals surface area contributed by atoms with Crippen LogP contribution < -0.4 is 10.1 Å². The molecule has 0 radical (unpaired) electrons. The maximum atomic E-state index is 6.14. The molecule has 22 heavy (non-hydrogen) atoms. The van der Waals surface area contributed by atoms with E-state index in [9.17, 15) is 0 Å². The molecule has 0 aromatic carbocycles. The molecular formula is C17H26ClN3O. The molecule has 1 N–H and O–H groups in total. The van der Waals surface area contributed by atoms with Crippen LogP contribution >= 0.6 is 12.4 Å². The normalized spacial score (nSPS) is 23.3. The van der Waals surface area contributed by atoms with Crippen LogP contribution in [0.15, 0.2) is 12.1 Å². The highest BCUT2D eigenvalue weighted by atomic mass is 35.5. The predicted molar refractivity (Wildman–Crippen MR) is 89.8 cm³/mol. The van der Waals surface area contributed by atoms with E-state index in [1.807, 2.05) is 6.07 Å². The minimum absolute atomic E-state index is 0. The van der Waals surface area contributed by atoms with E-state index in [4.69, 9.17) is 9.72 Å². The molecule has 1 aliphatic carbocycles. The molecule has 4 rings (SSSR count). The Morgan fingerprint density at radius 2 is 1.95 bits per heavy atom. The third kappa shape index (κ3) is 3.39. The van der Waals surface area contributed by atoms with Crippen molar-refractivity contribution in [2.45, 2.75) is 57.2 Å². The number of hydrogen-bond acceptors (Lipinski definition) is 4. The van der Waals surface area contributed by atoms with Gasteiger partial charge >= 0.3 is 0 Å². The smallest absolute Gasteiger partial charge is 0.213 e. The number of pyridine rings is 1. The molecule has 1 saturated heterocycles. The molecule has 122 valence electrons. The lowest BCUT2D eigenvalue weighted by Gasteiger charge is -2.41. The number of likely N-dealkylation sites (tertiary alicyclic amines) is 1. The molecule has 0 amide bonds. The Morgan fingerprint density at radius 3 is 2.68 bits per heavy atom. The molecular weight excluding hydrogens is 298 g/mol. The molecule has 3 heterocycles. The summed E-state index contributed by atoms with van der Waals surface area (Å²) in [7, 11) is 0. The van der Waals surface area contributed by atoms with Gasteiger partial charge < -0.3 is 15.0 Å². The number of piperidine rings is 1. The van der Waals surface area contributed by atoms with E-state index >= 15 is 0 Å². The zero-order valence-corrected chi connectivity index (χ0v) is 13.9. The highest BCUT2D eigenvalue weighted by molar-refractivity contribution is 5.85. The van der Waals surface area contributed by atoms with Gasteiger partial charge in [0.2, 0.25) is 5.88 Å². The van der Waals surface area contributed by atoms with Crippen LogP contribution in [0.4, 0.5) is 0 Å². The fourth-order valence-electron chi connectivity index (χ4n) is 3.66. The number of fused-ring (bicyclic) bond motifs is 1. The summed E-state index contributed by atoms with van der Waals surface area (Å²) >= 11 is 0. The first-order valence-corrected chi connectivity index (χ1v) is 8.49. The Kier molecular flexibility index (Phi) is 5.21. The number of hydrogen-bond donors (Lipinski definition) is 1. The topological polar surface area (TPSA) is 37.4 Å². The first-order valence-electron chi connectivity index (χ1n) is 8.49. The summed E-state index contributed by atoms with van der Waals surface area (Å²) in [5.74, 6) is 0.831. The Bertz CT molecular complexity index is 499. The minimum Gasteiger partial charge on any atom is -0.474 e. The van der Waals surface area contributed by atoms with E-state index in [0.717, 1.165) is 44.3 Å². The van der Waals surface area contributed by atoms with Gasteiger partial charge in [-0.05, 0) is 31.2 Å². The van der Waals surface area contributed by atoms with Crippen molar-refractivity contribution in [2.75, 3.05) is 19.6 Å². The monoisotopic (exact) mass is 323 g/mol. The number of nitrogens with one attached hydrogen (secondary N) is 1. The molecule has 0 atom stereocenters. The van der Waals surface area contributed by atoms with Crippen LogP contribution in [-0.4, -0.2) is 41.7 Å². The van der Waals surface area contributed by atoms with Crippen LogP contribution in [0.5, 0.6) is 5.88 Å². The zero-order valence-electron chi connectivity index (χ0n) is 13.1. The molecule has 0 spiro atoms. The van der Waals surface area contributed by atoms with Crippen molar-refractivity contribution >= 4 is 12.4 Å². The number of aromatic nitrogens is 1. The van der Waals surface area contributed by atoms with E-state index in [0.29, 0.717) is 6.10 Å². The quantitative estimate of drug-likeness (QED) is 0.927. The van der Waals surface area contributed by atoms with Gasteiger partial charge in [0.05, 0.1) is 5.69 Å². The lowest BCUT2D eigenvalue weighted by molar-refractivity contribution is 0.0474. The lowest BCUT2D eigenvalue weighted by Crippen LogP contribution is -2.46. The third-order valence-electron chi connectivity index (χ3n) is 5.25. The summed E-state index contributed by atoms with van der Waals surface area (Å²) < 4.78 is 6.14. The molecule has 5 heteroatoms. The van der Waals surface area contributed by atoms with Crippen molar-refractivity contribution in [2.24, 2.45) is 0 Å². The largest absolute Gasteiger partial charge is 0.474 e. The van der Waals surface area contributed by atoms with Gasteiger partial charge in [-0.15, -0.1) is 12.4 Å². The lowest BCUT2D eigenvalue weighted by atomic mass is 9.90. The number of ether oxygens (including phenoxy) is 1. The summed E-state index contributed by atoms with van der Waals surface area (Å²) in [6.07, 6.45) is 7.92. The minimum atomic E-state index is 0. The highest BCUT2D eigenvalue weighted by Gasteiger charge is 2.29. The van der Waals surface area contributed by atoms with Gasteiger partial charge in [-0.25, -0.2) is 4.98 Å². The summed E-state index contributed by atoms with van der Waals surface area (Å²) in [6, 6.07) is 5.09. The maximum absolute atomic E-state index is 6.14. The molecule has 1 aromatic heterocycles. The van der Waals surface area contributed by atoms with Gasteiger partial charge in [0.1, 0.15) is 6.10 Å². The number of nitrogens with zero attached hydrogens (tertiary/aromatic N) is 2. The van der Waals surface area contributed by atoms with E-state index in [1.165, 1.54) is 43.6 Å². The summed E-state index contributed by atoms with van der Waals surface area (Å²) in [4.78, 5) is 7.38. The average Bonchev–Trinajstić information content (AvgIpc) is 2.47. The molecule has 1 aromatic rings. The molecule has 0 unspecified atom stereocenters. The Labute approximate surface area is 139 Å². The van der Waals surface area contributed by atoms with Crippen LogP contribution in [-0.2, 0) is 13.0 Å². The first-order chi connectivity index (χ1) is 10.4. The SMILES string of the molecule is Cl.c1cc2c(nc1OC1CCN(C3CCC3)CC1)CCNC2. The zero-order chi connectivity index (χ0) is 14.1. The summed E-state index contributed by atoms with van der Waals surface area (Å²) in [5.41, 5.74) is 2.55. The van der Waals surface area contributed by atoms with Gasteiger partial charge in [0, 0.05) is 44.7 Å². The van der Waals surface area contributed by atoms with E-state index < -0.39 is 0 Å². The molecule has 2 aliphatic heterocycles. The number of rotatable bonds is 3. The van der Waals surface area contributed by atoms with Crippen molar-refractivity contribution in [3.63, 3.8) is 0 Å². The van der Waals surface area contributed by atoms with E-state index in [1.54, 1.807) is 0 Å². The molecule has 4 nitrogen and oxygen atoms in total. The average molecular weight is 324 g/mol. The maximum Gasteiger partial charge on any atom is 0.213 e. The van der Waals surface area contributed by atoms with Gasteiger partial charge in [-0.1, -0.05) is 12.5 Å². The fraction of sp³-hybridized carbons (Fsp3) is 0.706. The molecule has 2 fully saturated rings. The summed E-state index contributed by atoms with van der Waals surface area (Å²) in [6.45, 7) is 4.38. The first kappa shape index (κ1) is 16.0. The van der Waals surface area contributed by atoms with Crippen LogP contribution in [0.3, 0.4) is 0 Å². The van der Waals surface area contributed by atoms with E-state index in [-0.39, 0.29) is 12.4 Å². The highest BCUT2D eigenvalue weighted by Crippen LogP contribution is 2.28. The van der Waals surface area contributed by atoms with Crippen LogP contribution in [0.1, 0.15) is 43.4 Å². The van der Waals surface area contributed by atoms with Gasteiger partial charge in [0.25, 0.3) is 0 Å². The Balaban J connectivity index is 0.00000144. The molecule has 0 bridgehead atoms. The fourth-order valence-corrected chi connectivity index (χ4v) is 3.66. The van der Waals surface area contributed by atoms with Gasteiger partial charge in [0.15, 0.2) is 0 Å². The third-order valence-corrected chi connectivity index (χ3v) is 5.25. The van der Waals surface area contributed by atoms with Crippen molar-refractivity contribution in [1.29, 1.82) is 0 Å². The molecule has 1 saturated carbocycles. The second-order valence-electron chi connectivity index (χ2n) is 6.62. The predicted octanol–water partition coefficient (Wildman–Crippen LogP) is 2.54. The van der Waals surface area contributed by atoms with Gasteiger partial charge in [-0.2, -0.15) is 0 Å². The summed E-state index contributed by atoms with van der Waals surface area (Å²) in [5, 5.41) is 3.38. The van der Waals surface area contributed by atoms with Crippen LogP contribution in [0.25, 0.3) is 0 Å². The Hall–Kier alpha value is -0.840. The van der Waals surface area contributed by atoms with Crippen molar-refractivity contribution in [1.82, 2.24) is 15.2 Å². The van der Waals surface area contributed by atoms with Crippen LogP contribution in [0, 0.1) is 0 Å². The van der Waals surface area contributed by atoms with Crippen LogP contribution in [0.2, 0.25) is 0 Å². The molecule has 3 aliphatic rings. The van der Waals surface area contributed by atoms with Crippen molar-refractivity contribution in [3.05, 3.63) is 23.4 Å². The van der Waals surface area contributed by atoms with Crippen molar-refractivity contribution in [3.8, 4) is 5.88 Å². The second-order valence-corrected chi connectivity index (χ2v) is 6.62. The number of halogens is 1. The van der Waals surface area contributed by atoms with E-state index in [2.05, 4.69) is 16.3 Å². The van der Waals surface area contributed by atoms with Gasteiger partial charge in [-0.3, -0.25) is 0 Å². The van der Waals surface area contributed by atoms with Crippen molar-refractivity contribution < 1.29 is 4.74 Å². The standard InChI is InChI=1S/C17H25N3O.ClH/c1-2-14(3-1)20-10-7-15(8-11-20)21-17-5-4-13-12-18-9-6-16(13)19-17;/h4-5,14-15,18H,1-3,6-12H2;1H. The second kappa shape index (κ2) is 7.16.